The number of aryl methyl sites for hydroxylation is 3. The molecule has 146 valence electrons. The first kappa shape index (κ1) is 25.6. The molecule has 3 rings (SSSR count). The van der Waals surface area contributed by atoms with Gasteiger partial charge in [0.25, 0.3) is 0 Å². The summed E-state index contributed by atoms with van der Waals surface area (Å²) in [7, 11) is 0. The van der Waals surface area contributed by atoms with Crippen LogP contribution in [-0.2, 0) is 21.3 Å². The first-order chi connectivity index (χ1) is 12.7. The number of fused-ring (bicyclic) bond motifs is 1. The molecule has 0 nitrogen and oxygen atoms in total. The average molecular weight is 666 g/mol. The molecule has 0 atom stereocenters. The standard InChI is InChI=1S/C12H13.C12H19.2HI.Zr/c1-8-6-11-9(2)4-5-10(3)12(11)7-8;1-6-7-12-10(4)8(2)9(3)11(12)5;;;/h4-7H,1-3H3;6-7H2,1-5H3;2*1H;/q2*-1;;;+4/p-2. The van der Waals surface area contributed by atoms with E-state index in [1.807, 2.05) is 0 Å². The molecule has 0 saturated heterocycles. The van der Waals surface area contributed by atoms with E-state index in [0.29, 0.717) is 0 Å². The second-order valence-corrected chi connectivity index (χ2v) is 26.3. The third-order valence-corrected chi connectivity index (χ3v) is 5.56. The van der Waals surface area contributed by atoms with Crippen molar-refractivity contribution in [2.75, 3.05) is 0 Å². The Morgan fingerprint density at radius 3 is 1.96 bits per heavy atom. The van der Waals surface area contributed by atoms with Crippen molar-refractivity contribution < 1.29 is 14.9 Å². The van der Waals surface area contributed by atoms with E-state index in [2.05, 4.69) is 116 Å². The quantitative estimate of drug-likeness (QED) is 0.190. The van der Waals surface area contributed by atoms with E-state index in [4.69, 9.17) is 0 Å². The first-order valence-electron chi connectivity index (χ1n) is 9.50. The summed E-state index contributed by atoms with van der Waals surface area (Å²) in [5.41, 5.74) is 11.7. The molecule has 3 heteroatoms. The Hall–Kier alpha value is 0.523. The maximum atomic E-state index is 2.45. The van der Waals surface area contributed by atoms with E-state index in [-0.39, 0.29) is 14.9 Å². The Morgan fingerprint density at radius 1 is 0.963 bits per heavy atom. The fourth-order valence-electron chi connectivity index (χ4n) is 3.66. The number of benzene rings is 1. The zero-order chi connectivity index (χ0) is 20.7. The summed E-state index contributed by atoms with van der Waals surface area (Å²) in [5, 5.41) is 2.82. The van der Waals surface area contributed by atoms with E-state index in [1.54, 1.807) is 5.56 Å². The Morgan fingerprint density at radius 2 is 1.52 bits per heavy atom. The molecule has 0 aliphatic carbocycles. The molecule has 0 aromatic heterocycles. The SMILES string of the molecule is CCCc1c(C)c(C)c(C)[c-]1C.Cc1cc2c(C)ccc(C)c2[cH-]1.[I][Zr+2][I]. The van der Waals surface area contributed by atoms with Crippen molar-refractivity contribution in [2.45, 2.75) is 68.2 Å². The molecule has 0 radical (unpaired) electrons. The summed E-state index contributed by atoms with van der Waals surface area (Å²) in [6.07, 6.45) is 2.50. The predicted octanol–water partition coefficient (Wildman–Crippen LogP) is 8.84. The Bertz CT molecular complexity index is 804. The zero-order valence-corrected chi connectivity index (χ0v) is 24.8. The summed E-state index contributed by atoms with van der Waals surface area (Å²) < 4.78 is 0. The Labute approximate surface area is 196 Å². The van der Waals surface area contributed by atoms with Crippen LogP contribution in [0.25, 0.3) is 10.8 Å². The molecule has 27 heavy (non-hydrogen) atoms. The van der Waals surface area contributed by atoms with Crippen LogP contribution in [0.15, 0.2) is 24.3 Å². The van der Waals surface area contributed by atoms with Crippen LogP contribution in [0.1, 0.15) is 57.9 Å². The van der Waals surface area contributed by atoms with Crippen LogP contribution in [-0.4, -0.2) is 0 Å². The molecule has 3 aromatic carbocycles. The fourth-order valence-corrected chi connectivity index (χ4v) is 3.66. The van der Waals surface area contributed by atoms with E-state index >= 15 is 0 Å². The Balaban J connectivity index is 0.000000236. The number of rotatable bonds is 2. The van der Waals surface area contributed by atoms with Crippen LogP contribution >= 0.6 is 36.1 Å². The molecule has 0 heterocycles. The molecule has 0 bridgehead atoms. The normalized spacial score (nSPS) is 10.0. The molecule has 0 aliphatic rings. The molecular formula is C24H32I2Zr. The van der Waals surface area contributed by atoms with Crippen LogP contribution in [0.4, 0.5) is 0 Å². The second kappa shape index (κ2) is 12.3. The van der Waals surface area contributed by atoms with Crippen LogP contribution in [0.3, 0.4) is 0 Å². The number of hydrogen-bond acceptors (Lipinski definition) is 0. The van der Waals surface area contributed by atoms with Gasteiger partial charge in [0.05, 0.1) is 0 Å². The summed E-state index contributed by atoms with van der Waals surface area (Å²) in [4.78, 5) is 0. The predicted molar refractivity (Wildman–Crippen MR) is 137 cm³/mol. The van der Waals surface area contributed by atoms with Crippen LogP contribution in [0.2, 0.25) is 0 Å². The topological polar surface area (TPSA) is 0 Å². The van der Waals surface area contributed by atoms with Crippen molar-refractivity contribution >= 4 is 46.9 Å². The molecule has 0 N–H and O–H groups in total. The molecule has 0 fully saturated rings. The van der Waals surface area contributed by atoms with Crippen molar-refractivity contribution in [3.8, 4) is 0 Å². The molecule has 0 aliphatic heterocycles. The molecule has 0 spiro atoms. The summed E-state index contributed by atoms with van der Waals surface area (Å²) in [6.45, 7) is 17.7. The minimum atomic E-state index is 0.170. The Kier molecular flexibility index (Phi) is 11.6. The van der Waals surface area contributed by atoms with Crippen molar-refractivity contribution in [3.63, 3.8) is 0 Å². The van der Waals surface area contributed by atoms with Gasteiger partial charge in [-0.1, -0.05) is 72.9 Å². The second-order valence-electron chi connectivity index (χ2n) is 7.36. The molecule has 0 amide bonds. The molecule has 0 unspecified atom stereocenters. The third-order valence-electron chi connectivity index (χ3n) is 5.56. The first-order valence-corrected chi connectivity index (χ1v) is 24.1. The summed E-state index contributed by atoms with van der Waals surface area (Å²) >= 11 is 5.06. The van der Waals surface area contributed by atoms with Crippen molar-refractivity contribution in [1.82, 2.24) is 0 Å². The van der Waals surface area contributed by atoms with Gasteiger partial charge in [-0.2, -0.15) is 33.9 Å². The van der Waals surface area contributed by atoms with E-state index in [0.717, 1.165) is 0 Å². The third kappa shape index (κ3) is 6.77. The molecule has 3 aromatic rings. The number of hydrogen-bond donors (Lipinski definition) is 0. The van der Waals surface area contributed by atoms with Gasteiger partial charge in [0.15, 0.2) is 0 Å². The van der Waals surface area contributed by atoms with Crippen molar-refractivity contribution in [1.29, 1.82) is 0 Å². The van der Waals surface area contributed by atoms with Crippen LogP contribution in [0, 0.1) is 48.5 Å². The fraction of sp³-hybridized carbons (Fsp3) is 0.417. The zero-order valence-electron chi connectivity index (χ0n) is 18.0. The summed E-state index contributed by atoms with van der Waals surface area (Å²) in [6, 6.07) is 8.91. The van der Waals surface area contributed by atoms with Gasteiger partial charge in [-0.15, -0.1) is 34.0 Å². The van der Waals surface area contributed by atoms with Crippen LogP contribution in [0.5, 0.6) is 0 Å². The van der Waals surface area contributed by atoms with Gasteiger partial charge >= 0.3 is 50.9 Å². The summed E-state index contributed by atoms with van der Waals surface area (Å²) in [5.74, 6) is 0. The minimum absolute atomic E-state index is 0.170. The van der Waals surface area contributed by atoms with Gasteiger partial charge in [-0.3, -0.25) is 0 Å². The van der Waals surface area contributed by atoms with E-state index in [9.17, 15) is 0 Å². The van der Waals surface area contributed by atoms with Gasteiger partial charge in [-0.25, -0.2) is 0 Å². The van der Waals surface area contributed by atoms with Crippen molar-refractivity contribution in [3.05, 3.63) is 68.8 Å². The average Bonchev–Trinajstić information content (AvgIpc) is 3.11. The maximum absolute atomic E-state index is 2.45. The number of halogens is 2. The van der Waals surface area contributed by atoms with Gasteiger partial charge in [0.1, 0.15) is 0 Å². The van der Waals surface area contributed by atoms with Gasteiger partial charge in [-0.05, 0) is 6.92 Å². The van der Waals surface area contributed by atoms with E-state index < -0.39 is 0 Å². The monoisotopic (exact) mass is 664 g/mol. The van der Waals surface area contributed by atoms with E-state index in [1.165, 1.54) is 62.6 Å². The molecular weight excluding hydrogens is 633 g/mol. The van der Waals surface area contributed by atoms with Crippen LogP contribution < -0.4 is 0 Å². The van der Waals surface area contributed by atoms with Gasteiger partial charge in [0, 0.05) is 0 Å². The van der Waals surface area contributed by atoms with Gasteiger partial charge < -0.3 is 0 Å². The van der Waals surface area contributed by atoms with Crippen molar-refractivity contribution in [2.24, 2.45) is 0 Å². The van der Waals surface area contributed by atoms with Gasteiger partial charge in [0.2, 0.25) is 0 Å². The molecule has 0 saturated carbocycles.